The molecule has 0 aliphatic rings. The van der Waals surface area contributed by atoms with Crippen LogP contribution in [0.2, 0.25) is 0 Å². The van der Waals surface area contributed by atoms with Crippen molar-refractivity contribution in [3.63, 3.8) is 0 Å². The van der Waals surface area contributed by atoms with E-state index in [4.69, 9.17) is 5.73 Å². The maximum Gasteiger partial charge on any atom is 0.0299 e. The molecule has 0 aromatic carbocycles. The van der Waals surface area contributed by atoms with Gasteiger partial charge in [0, 0.05) is 11.4 Å². The van der Waals surface area contributed by atoms with Crippen molar-refractivity contribution in [2.75, 3.05) is 13.1 Å². The Bertz CT molecular complexity index is 221. The lowest BCUT2D eigenvalue weighted by Crippen LogP contribution is -2.20. The number of nitrogens with one attached hydrogen (secondary N) is 1. The molecule has 0 saturated heterocycles. The molecule has 0 aliphatic heterocycles. The molecule has 1 aromatic rings. The average molecular weight is 212 g/mol. The zero-order valence-electron chi connectivity index (χ0n) is 8.83. The standard InChI is InChI=1S/C11H20N2S/c1-10(4-2-6-12)8-13-9-11-5-3-7-14-11/h3,5,7,10,13H,2,4,6,8-9,12H2,1H3. The lowest BCUT2D eigenvalue weighted by atomic mass is 10.1. The summed E-state index contributed by atoms with van der Waals surface area (Å²) in [5.41, 5.74) is 5.46. The molecule has 0 bridgehead atoms. The predicted molar refractivity (Wildman–Crippen MR) is 63.5 cm³/mol. The Morgan fingerprint density at radius 1 is 1.57 bits per heavy atom. The number of hydrogen-bond acceptors (Lipinski definition) is 3. The molecule has 1 heterocycles. The van der Waals surface area contributed by atoms with Crippen LogP contribution in [0, 0.1) is 5.92 Å². The third kappa shape index (κ3) is 4.74. The Morgan fingerprint density at radius 3 is 3.07 bits per heavy atom. The second-order valence-corrected chi connectivity index (χ2v) is 4.78. The van der Waals surface area contributed by atoms with E-state index in [0.717, 1.165) is 32.0 Å². The molecule has 0 fully saturated rings. The molecule has 80 valence electrons. The maximum absolute atomic E-state index is 5.46. The summed E-state index contributed by atoms with van der Waals surface area (Å²) < 4.78 is 0. The molecular weight excluding hydrogens is 192 g/mol. The van der Waals surface area contributed by atoms with Gasteiger partial charge in [0.25, 0.3) is 0 Å². The van der Waals surface area contributed by atoms with Crippen LogP contribution in [-0.4, -0.2) is 13.1 Å². The van der Waals surface area contributed by atoms with Crippen LogP contribution in [-0.2, 0) is 6.54 Å². The second kappa shape index (κ2) is 6.98. The number of nitrogens with two attached hydrogens (primary N) is 1. The summed E-state index contributed by atoms with van der Waals surface area (Å²) >= 11 is 1.81. The Balaban J connectivity index is 2.03. The highest BCUT2D eigenvalue weighted by molar-refractivity contribution is 7.09. The molecule has 14 heavy (non-hydrogen) atoms. The first kappa shape index (κ1) is 11.7. The molecular formula is C11H20N2S. The average Bonchev–Trinajstić information content (AvgIpc) is 2.67. The molecule has 0 saturated carbocycles. The molecule has 1 rings (SSSR count). The van der Waals surface area contributed by atoms with E-state index in [1.165, 1.54) is 11.3 Å². The van der Waals surface area contributed by atoms with Crippen LogP contribution in [0.5, 0.6) is 0 Å². The molecule has 0 radical (unpaired) electrons. The van der Waals surface area contributed by atoms with E-state index in [1.54, 1.807) is 0 Å². The van der Waals surface area contributed by atoms with Gasteiger partial charge in [-0.3, -0.25) is 0 Å². The van der Waals surface area contributed by atoms with Gasteiger partial charge in [-0.1, -0.05) is 13.0 Å². The first-order valence-electron chi connectivity index (χ1n) is 5.26. The topological polar surface area (TPSA) is 38.0 Å². The summed E-state index contributed by atoms with van der Waals surface area (Å²) in [6.07, 6.45) is 2.37. The summed E-state index contributed by atoms with van der Waals surface area (Å²) in [6.45, 7) is 5.19. The molecule has 1 unspecified atom stereocenters. The van der Waals surface area contributed by atoms with Gasteiger partial charge in [-0.15, -0.1) is 11.3 Å². The van der Waals surface area contributed by atoms with Gasteiger partial charge in [-0.2, -0.15) is 0 Å². The van der Waals surface area contributed by atoms with E-state index in [0.29, 0.717) is 0 Å². The first-order chi connectivity index (χ1) is 6.83. The number of thiophene rings is 1. The van der Waals surface area contributed by atoms with Gasteiger partial charge in [0.15, 0.2) is 0 Å². The van der Waals surface area contributed by atoms with Crippen molar-refractivity contribution < 1.29 is 0 Å². The fourth-order valence-corrected chi connectivity index (χ4v) is 2.10. The molecule has 3 N–H and O–H groups in total. The van der Waals surface area contributed by atoms with Crippen LogP contribution in [0.25, 0.3) is 0 Å². The normalized spacial score (nSPS) is 13.0. The zero-order valence-corrected chi connectivity index (χ0v) is 9.65. The van der Waals surface area contributed by atoms with Crippen LogP contribution in [0.3, 0.4) is 0 Å². The van der Waals surface area contributed by atoms with Gasteiger partial charge < -0.3 is 11.1 Å². The van der Waals surface area contributed by atoms with Crippen LogP contribution < -0.4 is 11.1 Å². The van der Waals surface area contributed by atoms with Crippen LogP contribution in [0.1, 0.15) is 24.6 Å². The van der Waals surface area contributed by atoms with Crippen LogP contribution >= 0.6 is 11.3 Å². The van der Waals surface area contributed by atoms with Crippen molar-refractivity contribution in [3.8, 4) is 0 Å². The molecule has 0 spiro atoms. The Labute approximate surface area is 90.5 Å². The smallest absolute Gasteiger partial charge is 0.0299 e. The van der Waals surface area contributed by atoms with E-state index in [1.807, 2.05) is 11.3 Å². The summed E-state index contributed by atoms with van der Waals surface area (Å²) in [4.78, 5) is 1.41. The van der Waals surface area contributed by atoms with Crippen molar-refractivity contribution in [1.29, 1.82) is 0 Å². The van der Waals surface area contributed by atoms with Gasteiger partial charge in [-0.05, 0) is 43.3 Å². The minimum atomic E-state index is 0.735. The van der Waals surface area contributed by atoms with Crippen LogP contribution in [0.15, 0.2) is 17.5 Å². The molecule has 1 atom stereocenters. The highest BCUT2D eigenvalue weighted by Gasteiger charge is 2.00. The minimum Gasteiger partial charge on any atom is -0.330 e. The number of hydrogen-bond donors (Lipinski definition) is 2. The fourth-order valence-electron chi connectivity index (χ4n) is 1.42. The lowest BCUT2D eigenvalue weighted by molar-refractivity contribution is 0.470. The van der Waals surface area contributed by atoms with Crippen molar-refractivity contribution in [2.45, 2.75) is 26.3 Å². The Hall–Kier alpha value is -0.380. The monoisotopic (exact) mass is 212 g/mol. The maximum atomic E-state index is 5.46. The van der Waals surface area contributed by atoms with E-state index in [2.05, 4.69) is 29.8 Å². The molecule has 0 amide bonds. The van der Waals surface area contributed by atoms with Gasteiger partial charge in [-0.25, -0.2) is 0 Å². The summed E-state index contributed by atoms with van der Waals surface area (Å²) in [6, 6.07) is 4.27. The third-order valence-electron chi connectivity index (χ3n) is 2.27. The lowest BCUT2D eigenvalue weighted by Gasteiger charge is -2.11. The molecule has 1 aromatic heterocycles. The molecule has 2 nitrogen and oxygen atoms in total. The van der Waals surface area contributed by atoms with Crippen molar-refractivity contribution in [1.82, 2.24) is 5.32 Å². The van der Waals surface area contributed by atoms with E-state index in [9.17, 15) is 0 Å². The highest BCUT2D eigenvalue weighted by Crippen LogP contribution is 2.08. The second-order valence-electron chi connectivity index (χ2n) is 3.75. The quantitative estimate of drug-likeness (QED) is 0.727. The van der Waals surface area contributed by atoms with Gasteiger partial charge in [0.05, 0.1) is 0 Å². The largest absolute Gasteiger partial charge is 0.330 e. The Morgan fingerprint density at radius 2 is 2.43 bits per heavy atom. The Kier molecular flexibility index (Phi) is 5.83. The van der Waals surface area contributed by atoms with E-state index in [-0.39, 0.29) is 0 Å². The van der Waals surface area contributed by atoms with Gasteiger partial charge in [0.1, 0.15) is 0 Å². The van der Waals surface area contributed by atoms with Gasteiger partial charge >= 0.3 is 0 Å². The summed E-state index contributed by atoms with van der Waals surface area (Å²) in [7, 11) is 0. The minimum absolute atomic E-state index is 0.735. The fraction of sp³-hybridized carbons (Fsp3) is 0.636. The summed E-state index contributed by atoms with van der Waals surface area (Å²) in [5, 5.41) is 5.59. The zero-order chi connectivity index (χ0) is 10.2. The first-order valence-corrected chi connectivity index (χ1v) is 6.14. The SMILES string of the molecule is CC(CCCN)CNCc1cccs1. The van der Waals surface area contributed by atoms with E-state index < -0.39 is 0 Å². The van der Waals surface area contributed by atoms with Crippen molar-refractivity contribution in [3.05, 3.63) is 22.4 Å². The molecule has 0 aliphatic carbocycles. The third-order valence-corrected chi connectivity index (χ3v) is 3.15. The number of rotatable bonds is 7. The summed E-state index contributed by atoms with van der Waals surface area (Å²) in [5.74, 6) is 0.735. The van der Waals surface area contributed by atoms with E-state index >= 15 is 0 Å². The van der Waals surface area contributed by atoms with Crippen LogP contribution in [0.4, 0.5) is 0 Å². The highest BCUT2D eigenvalue weighted by atomic mass is 32.1. The van der Waals surface area contributed by atoms with Gasteiger partial charge in [0.2, 0.25) is 0 Å². The van der Waals surface area contributed by atoms with Crippen molar-refractivity contribution >= 4 is 11.3 Å². The predicted octanol–water partition coefficient (Wildman–Crippen LogP) is 2.21. The molecule has 3 heteroatoms. The van der Waals surface area contributed by atoms with Crippen molar-refractivity contribution in [2.24, 2.45) is 11.7 Å².